The SMILES string of the molecule is CCC1(C(=O)Oc2c(F)c(F)c(F)c(F)c2F)COC(=O)OC1. The van der Waals surface area contributed by atoms with Crippen molar-refractivity contribution in [2.75, 3.05) is 13.2 Å². The minimum Gasteiger partial charge on any atom is -0.433 e. The lowest BCUT2D eigenvalue weighted by Gasteiger charge is -2.32. The zero-order chi connectivity index (χ0) is 17.4. The van der Waals surface area contributed by atoms with Gasteiger partial charge in [0.15, 0.2) is 0 Å². The molecular weight excluding hydrogens is 331 g/mol. The maximum absolute atomic E-state index is 13.5. The molecule has 0 aliphatic carbocycles. The molecule has 0 atom stereocenters. The van der Waals surface area contributed by atoms with Gasteiger partial charge in [0.1, 0.15) is 18.6 Å². The third-order valence-corrected chi connectivity index (χ3v) is 3.41. The Morgan fingerprint density at radius 3 is 1.87 bits per heavy atom. The Balaban J connectivity index is 2.35. The summed E-state index contributed by atoms with van der Waals surface area (Å²) < 4.78 is 79.5. The summed E-state index contributed by atoms with van der Waals surface area (Å²) in [6, 6.07) is 0. The van der Waals surface area contributed by atoms with Crippen molar-refractivity contribution < 1.29 is 45.8 Å². The van der Waals surface area contributed by atoms with Crippen molar-refractivity contribution in [3.63, 3.8) is 0 Å². The fraction of sp³-hybridized carbons (Fsp3) is 0.385. The van der Waals surface area contributed by atoms with Gasteiger partial charge in [-0.3, -0.25) is 4.79 Å². The van der Waals surface area contributed by atoms with Crippen LogP contribution < -0.4 is 4.74 Å². The highest BCUT2D eigenvalue weighted by atomic mass is 19.2. The smallest absolute Gasteiger partial charge is 0.433 e. The summed E-state index contributed by atoms with van der Waals surface area (Å²) in [6.07, 6.45) is -1.09. The van der Waals surface area contributed by atoms with Gasteiger partial charge in [-0.2, -0.15) is 8.78 Å². The number of carbonyl (C=O) groups is 2. The Morgan fingerprint density at radius 2 is 1.43 bits per heavy atom. The second-order valence-corrected chi connectivity index (χ2v) is 4.75. The van der Waals surface area contributed by atoms with E-state index in [1.54, 1.807) is 0 Å². The third kappa shape index (κ3) is 2.80. The van der Waals surface area contributed by atoms with E-state index in [4.69, 9.17) is 0 Å². The van der Waals surface area contributed by atoms with E-state index in [0.29, 0.717) is 0 Å². The summed E-state index contributed by atoms with van der Waals surface area (Å²) in [5.41, 5.74) is -1.62. The van der Waals surface area contributed by atoms with E-state index in [2.05, 4.69) is 14.2 Å². The van der Waals surface area contributed by atoms with Crippen molar-refractivity contribution in [2.45, 2.75) is 13.3 Å². The van der Waals surface area contributed by atoms with E-state index in [-0.39, 0.29) is 6.42 Å². The maximum Gasteiger partial charge on any atom is 0.508 e. The molecule has 1 aliphatic heterocycles. The predicted octanol–water partition coefficient (Wildman–Crippen LogP) is 2.85. The van der Waals surface area contributed by atoms with Crippen LogP contribution in [-0.2, 0) is 14.3 Å². The average molecular weight is 340 g/mol. The molecule has 10 heteroatoms. The number of cyclic esters (lactones) is 2. The first-order valence-electron chi connectivity index (χ1n) is 6.26. The number of rotatable bonds is 3. The topological polar surface area (TPSA) is 61.8 Å². The van der Waals surface area contributed by atoms with Crippen molar-refractivity contribution in [2.24, 2.45) is 5.41 Å². The van der Waals surface area contributed by atoms with Crippen molar-refractivity contribution in [1.82, 2.24) is 0 Å². The van der Waals surface area contributed by atoms with Crippen LogP contribution in [0.15, 0.2) is 0 Å². The fourth-order valence-electron chi connectivity index (χ4n) is 1.82. The molecule has 1 heterocycles. The van der Waals surface area contributed by atoms with E-state index in [9.17, 15) is 31.5 Å². The molecule has 0 radical (unpaired) electrons. The first kappa shape index (κ1) is 17.0. The Labute approximate surface area is 125 Å². The van der Waals surface area contributed by atoms with Gasteiger partial charge in [0, 0.05) is 0 Å². The quantitative estimate of drug-likeness (QED) is 0.278. The Morgan fingerprint density at radius 1 is 1.00 bits per heavy atom. The summed E-state index contributed by atoms with van der Waals surface area (Å²) >= 11 is 0. The van der Waals surface area contributed by atoms with Crippen LogP contribution in [-0.4, -0.2) is 25.3 Å². The van der Waals surface area contributed by atoms with Crippen molar-refractivity contribution in [1.29, 1.82) is 0 Å². The highest BCUT2D eigenvalue weighted by molar-refractivity contribution is 5.81. The molecule has 2 rings (SSSR count). The van der Waals surface area contributed by atoms with E-state index in [0.717, 1.165) is 0 Å². The van der Waals surface area contributed by atoms with Gasteiger partial charge in [0.05, 0.1) is 0 Å². The largest absolute Gasteiger partial charge is 0.508 e. The van der Waals surface area contributed by atoms with Gasteiger partial charge in [-0.25, -0.2) is 18.0 Å². The molecule has 23 heavy (non-hydrogen) atoms. The third-order valence-electron chi connectivity index (χ3n) is 3.41. The van der Waals surface area contributed by atoms with Crippen molar-refractivity contribution >= 4 is 12.1 Å². The summed E-state index contributed by atoms with van der Waals surface area (Å²) in [4.78, 5) is 22.9. The second kappa shape index (κ2) is 6.01. The number of hydrogen-bond acceptors (Lipinski definition) is 5. The highest BCUT2D eigenvalue weighted by Gasteiger charge is 2.46. The Kier molecular flexibility index (Phi) is 4.44. The molecule has 126 valence electrons. The van der Waals surface area contributed by atoms with Crippen LogP contribution in [0.5, 0.6) is 5.75 Å². The molecule has 0 spiro atoms. The number of benzene rings is 1. The second-order valence-electron chi connectivity index (χ2n) is 4.75. The molecule has 0 bridgehead atoms. The minimum absolute atomic E-state index is 0.0332. The van der Waals surface area contributed by atoms with Crippen LogP contribution in [0.2, 0.25) is 0 Å². The molecule has 1 aromatic carbocycles. The maximum atomic E-state index is 13.5. The molecule has 0 amide bonds. The van der Waals surface area contributed by atoms with E-state index in [1.165, 1.54) is 6.92 Å². The van der Waals surface area contributed by atoms with Crippen LogP contribution in [0, 0.1) is 34.5 Å². The van der Waals surface area contributed by atoms with Crippen LogP contribution in [0.1, 0.15) is 13.3 Å². The van der Waals surface area contributed by atoms with Crippen LogP contribution >= 0.6 is 0 Å². The van der Waals surface area contributed by atoms with Gasteiger partial charge in [-0.05, 0) is 6.42 Å². The van der Waals surface area contributed by atoms with Gasteiger partial charge >= 0.3 is 12.1 Å². The first-order valence-corrected chi connectivity index (χ1v) is 6.26. The summed E-state index contributed by atoms with van der Waals surface area (Å²) in [7, 11) is 0. The lowest BCUT2D eigenvalue weighted by molar-refractivity contribution is -0.159. The molecule has 0 unspecified atom stereocenters. The molecule has 0 aromatic heterocycles. The number of hydrogen-bond donors (Lipinski definition) is 0. The zero-order valence-electron chi connectivity index (χ0n) is 11.6. The van der Waals surface area contributed by atoms with Gasteiger partial charge in [-0.15, -0.1) is 0 Å². The molecule has 0 N–H and O–H groups in total. The van der Waals surface area contributed by atoms with Crippen LogP contribution in [0.4, 0.5) is 26.7 Å². The van der Waals surface area contributed by atoms with Gasteiger partial charge < -0.3 is 14.2 Å². The number of ether oxygens (including phenoxy) is 3. The summed E-state index contributed by atoms with van der Waals surface area (Å²) in [6.45, 7) is 0.426. The highest BCUT2D eigenvalue weighted by Crippen LogP contribution is 2.33. The average Bonchev–Trinajstić information content (AvgIpc) is 2.56. The number of carbonyl (C=O) groups excluding carboxylic acids is 2. The Bertz CT molecular complexity index is 636. The number of halogens is 5. The lowest BCUT2D eigenvalue weighted by Crippen LogP contribution is -2.47. The number of esters is 1. The molecule has 1 aliphatic rings. The van der Waals surface area contributed by atoms with Crippen LogP contribution in [0.25, 0.3) is 0 Å². The first-order chi connectivity index (χ1) is 10.7. The molecule has 1 fully saturated rings. The van der Waals surface area contributed by atoms with E-state index < -0.39 is 65.6 Å². The van der Waals surface area contributed by atoms with Crippen molar-refractivity contribution in [3.8, 4) is 5.75 Å². The van der Waals surface area contributed by atoms with Gasteiger partial charge in [-0.1, -0.05) is 6.92 Å². The minimum atomic E-state index is -2.38. The monoisotopic (exact) mass is 340 g/mol. The standard InChI is InChI=1S/C13H9F5O5/c1-2-13(3-21-12(20)22-4-13)11(19)23-10-8(17)6(15)5(14)7(16)9(10)18/h2-4H2,1H3. The normalized spacial score (nSPS) is 16.5. The van der Waals surface area contributed by atoms with Gasteiger partial charge in [0.25, 0.3) is 0 Å². The fourth-order valence-corrected chi connectivity index (χ4v) is 1.82. The lowest BCUT2D eigenvalue weighted by atomic mass is 9.86. The van der Waals surface area contributed by atoms with Gasteiger partial charge in [0.2, 0.25) is 34.8 Å². The van der Waals surface area contributed by atoms with Crippen molar-refractivity contribution in [3.05, 3.63) is 29.1 Å². The zero-order valence-corrected chi connectivity index (χ0v) is 11.6. The summed E-state index contributed by atoms with van der Waals surface area (Å²) in [5.74, 6) is -14.5. The summed E-state index contributed by atoms with van der Waals surface area (Å²) in [5, 5.41) is 0. The van der Waals surface area contributed by atoms with E-state index >= 15 is 0 Å². The molecular formula is C13H9F5O5. The molecule has 5 nitrogen and oxygen atoms in total. The Hall–Kier alpha value is -2.39. The van der Waals surface area contributed by atoms with E-state index in [1.807, 2.05) is 0 Å². The molecule has 0 saturated carbocycles. The molecule has 1 aromatic rings. The predicted molar refractivity (Wildman–Crippen MR) is 61.9 cm³/mol. The molecule has 1 saturated heterocycles. The van der Waals surface area contributed by atoms with Crippen LogP contribution in [0.3, 0.4) is 0 Å².